The highest BCUT2D eigenvalue weighted by Gasteiger charge is 2.66. The predicted molar refractivity (Wildman–Crippen MR) is 118 cm³/mol. The molecule has 7 nitrogen and oxygen atoms in total. The molecule has 1 amide bonds. The summed E-state index contributed by atoms with van der Waals surface area (Å²) in [6, 6.07) is 5.44. The lowest BCUT2D eigenvalue weighted by atomic mass is 10.0. The lowest BCUT2D eigenvalue weighted by Gasteiger charge is -2.14. The highest BCUT2D eigenvalue weighted by Crippen LogP contribution is 2.59. The topological polar surface area (TPSA) is 93.8 Å². The van der Waals surface area contributed by atoms with E-state index in [0.29, 0.717) is 23.4 Å². The van der Waals surface area contributed by atoms with Crippen molar-refractivity contribution < 1.29 is 26.9 Å². The molecule has 0 unspecified atom stereocenters. The van der Waals surface area contributed by atoms with Gasteiger partial charge in [0.2, 0.25) is 5.91 Å². The van der Waals surface area contributed by atoms with Gasteiger partial charge < -0.3 is 9.84 Å². The van der Waals surface area contributed by atoms with E-state index in [2.05, 4.69) is 25.4 Å². The second kappa shape index (κ2) is 8.84. The average molecular weight is 503 g/mol. The van der Waals surface area contributed by atoms with E-state index in [1.54, 1.807) is 24.7 Å². The summed E-state index contributed by atoms with van der Waals surface area (Å²) in [6.45, 7) is 0. The number of carbonyl (C=O) groups is 1. The minimum atomic E-state index is -4.45. The fourth-order valence-electron chi connectivity index (χ4n) is 3.66. The Morgan fingerprint density at radius 3 is 2.51 bits per heavy atom. The SMILES string of the molecule is O=C(Cc1ccc(-c2cnc(Cc3nccs3)nc2)cc1F)Nc1cc(C2(C(F)(F)F)CC2)on1. The summed E-state index contributed by atoms with van der Waals surface area (Å²) < 4.78 is 59.1. The number of carbonyl (C=O) groups excluding carboxylic acids is 1. The average Bonchev–Trinajstić information content (AvgIpc) is 3.25. The van der Waals surface area contributed by atoms with E-state index in [0.717, 1.165) is 11.1 Å². The van der Waals surface area contributed by atoms with Crippen LogP contribution in [0, 0.1) is 5.82 Å². The normalized spacial score (nSPS) is 14.6. The molecule has 0 spiro atoms. The Labute approximate surface area is 200 Å². The number of anilines is 1. The van der Waals surface area contributed by atoms with Crippen LogP contribution in [-0.4, -0.2) is 32.2 Å². The summed E-state index contributed by atoms with van der Waals surface area (Å²) >= 11 is 1.51. The van der Waals surface area contributed by atoms with Crippen LogP contribution in [0.1, 0.15) is 35.0 Å². The molecule has 1 aromatic carbocycles. The number of amides is 1. The highest BCUT2D eigenvalue weighted by atomic mass is 32.1. The summed E-state index contributed by atoms with van der Waals surface area (Å²) in [5.74, 6) is -1.14. The molecule has 4 aromatic rings. The molecule has 3 heterocycles. The monoisotopic (exact) mass is 503 g/mol. The summed E-state index contributed by atoms with van der Waals surface area (Å²) in [5, 5.41) is 8.62. The maximum Gasteiger partial charge on any atom is 0.401 e. The van der Waals surface area contributed by atoms with Gasteiger partial charge in [-0.05, 0) is 30.0 Å². The number of thiazole rings is 1. The molecule has 180 valence electrons. The molecule has 1 aliphatic carbocycles. The Balaban J connectivity index is 1.22. The van der Waals surface area contributed by atoms with Crippen molar-refractivity contribution >= 4 is 23.1 Å². The number of halogens is 4. The first-order valence-corrected chi connectivity index (χ1v) is 11.4. The second-order valence-electron chi connectivity index (χ2n) is 8.18. The van der Waals surface area contributed by atoms with E-state index < -0.39 is 23.3 Å². The molecule has 35 heavy (non-hydrogen) atoms. The van der Waals surface area contributed by atoms with Gasteiger partial charge >= 0.3 is 6.18 Å². The summed E-state index contributed by atoms with van der Waals surface area (Å²) in [4.78, 5) is 25.1. The van der Waals surface area contributed by atoms with Crippen LogP contribution in [0.4, 0.5) is 23.4 Å². The van der Waals surface area contributed by atoms with Gasteiger partial charge in [0, 0.05) is 35.6 Å². The fraction of sp³-hybridized carbons (Fsp3) is 0.261. The van der Waals surface area contributed by atoms with E-state index in [1.165, 1.54) is 23.5 Å². The molecular formula is C23H17F4N5O2S. The van der Waals surface area contributed by atoms with Crippen molar-refractivity contribution in [1.82, 2.24) is 20.1 Å². The third kappa shape index (κ3) is 4.78. The van der Waals surface area contributed by atoms with Crippen LogP contribution in [0.2, 0.25) is 0 Å². The molecule has 0 radical (unpaired) electrons. The maximum absolute atomic E-state index is 14.7. The first kappa shape index (κ1) is 23.1. The standard InChI is InChI=1S/C23H17F4N5O2S/c24-16-7-13(15-11-29-18(30-12-15)10-21-28-5-6-35-21)1-2-14(16)8-20(33)31-19-9-17(34-32-19)22(3-4-22)23(25,26)27/h1-2,5-7,9,11-12H,3-4,8,10H2,(H,31,32,33). The van der Waals surface area contributed by atoms with Gasteiger partial charge in [-0.25, -0.2) is 19.3 Å². The van der Waals surface area contributed by atoms with Crippen molar-refractivity contribution in [2.24, 2.45) is 0 Å². The third-order valence-electron chi connectivity index (χ3n) is 5.78. The lowest BCUT2D eigenvalue weighted by Crippen LogP contribution is -2.28. The molecule has 0 aliphatic heterocycles. The zero-order valence-electron chi connectivity index (χ0n) is 18.0. The quantitative estimate of drug-likeness (QED) is 0.353. The zero-order valence-corrected chi connectivity index (χ0v) is 18.8. The largest absolute Gasteiger partial charge is 0.401 e. The van der Waals surface area contributed by atoms with Gasteiger partial charge in [0.15, 0.2) is 11.6 Å². The van der Waals surface area contributed by atoms with Gasteiger partial charge in [0.05, 0.1) is 12.8 Å². The molecule has 0 atom stereocenters. The van der Waals surface area contributed by atoms with Crippen LogP contribution < -0.4 is 5.32 Å². The smallest absolute Gasteiger partial charge is 0.358 e. The van der Waals surface area contributed by atoms with Gasteiger partial charge in [0.25, 0.3) is 0 Å². The van der Waals surface area contributed by atoms with Gasteiger partial charge in [-0.15, -0.1) is 11.3 Å². The third-order valence-corrected chi connectivity index (χ3v) is 6.56. The number of nitrogens with zero attached hydrogens (tertiary/aromatic N) is 4. The fourth-order valence-corrected chi connectivity index (χ4v) is 4.27. The van der Waals surface area contributed by atoms with E-state index in [9.17, 15) is 22.4 Å². The minimum absolute atomic E-state index is 0.0871. The predicted octanol–water partition coefficient (Wildman–Crippen LogP) is 5.09. The first-order chi connectivity index (χ1) is 16.7. The van der Waals surface area contributed by atoms with Gasteiger partial charge in [-0.2, -0.15) is 13.2 Å². The van der Waals surface area contributed by atoms with Gasteiger partial charge in [-0.1, -0.05) is 17.3 Å². The minimum Gasteiger partial charge on any atom is -0.358 e. The molecule has 1 fully saturated rings. The molecular weight excluding hydrogens is 486 g/mol. The number of rotatable bonds is 7. The van der Waals surface area contributed by atoms with Crippen molar-refractivity contribution in [3.63, 3.8) is 0 Å². The number of nitrogens with one attached hydrogen (secondary N) is 1. The summed E-state index contributed by atoms with van der Waals surface area (Å²) in [7, 11) is 0. The Morgan fingerprint density at radius 1 is 1.11 bits per heavy atom. The Kier molecular flexibility index (Phi) is 5.83. The molecule has 3 aromatic heterocycles. The molecule has 12 heteroatoms. The Morgan fingerprint density at radius 2 is 1.89 bits per heavy atom. The number of alkyl halides is 3. The Hall–Kier alpha value is -3.67. The first-order valence-electron chi connectivity index (χ1n) is 10.6. The van der Waals surface area contributed by atoms with Crippen molar-refractivity contribution in [2.45, 2.75) is 37.3 Å². The molecule has 1 aliphatic rings. The van der Waals surface area contributed by atoms with E-state index in [1.807, 2.05) is 5.38 Å². The number of hydrogen-bond donors (Lipinski definition) is 1. The zero-order chi connectivity index (χ0) is 24.6. The highest BCUT2D eigenvalue weighted by molar-refractivity contribution is 7.09. The number of aromatic nitrogens is 4. The van der Waals surface area contributed by atoms with Crippen LogP contribution in [0.25, 0.3) is 11.1 Å². The molecule has 0 bridgehead atoms. The van der Waals surface area contributed by atoms with E-state index in [-0.39, 0.29) is 36.4 Å². The number of hydrogen-bond acceptors (Lipinski definition) is 7. The van der Waals surface area contributed by atoms with Crippen LogP contribution in [0.5, 0.6) is 0 Å². The van der Waals surface area contributed by atoms with Crippen LogP contribution >= 0.6 is 11.3 Å². The van der Waals surface area contributed by atoms with Crippen molar-refractivity contribution in [3.05, 3.63) is 76.2 Å². The molecule has 5 rings (SSSR count). The second-order valence-corrected chi connectivity index (χ2v) is 9.16. The van der Waals surface area contributed by atoms with E-state index in [4.69, 9.17) is 4.52 Å². The summed E-state index contributed by atoms with van der Waals surface area (Å²) in [6.07, 6.45) is 0.434. The van der Waals surface area contributed by atoms with Crippen LogP contribution in [0.15, 0.2) is 52.8 Å². The van der Waals surface area contributed by atoms with E-state index >= 15 is 0 Å². The molecule has 1 N–H and O–H groups in total. The maximum atomic E-state index is 14.7. The summed E-state index contributed by atoms with van der Waals surface area (Å²) in [5.41, 5.74) is -0.773. The van der Waals surface area contributed by atoms with Gasteiger partial charge in [-0.3, -0.25) is 4.79 Å². The Bertz CT molecular complexity index is 1350. The van der Waals surface area contributed by atoms with Crippen LogP contribution in [-0.2, 0) is 23.1 Å². The number of benzene rings is 1. The van der Waals surface area contributed by atoms with Gasteiger partial charge in [0.1, 0.15) is 22.1 Å². The lowest BCUT2D eigenvalue weighted by molar-refractivity contribution is -0.165. The van der Waals surface area contributed by atoms with Crippen LogP contribution in [0.3, 0.4) is 0 Å². The van der Waals surface area contributed by atoms with Crippen molar-refractivity contribution in [3.8, 4) is 11.1 Å². The molecule has 0 saturated heterocycles. The van der Waals surface area contributed by atoms with Crippen molar-refractivity contribution in [1.29, 1.82) is 0 Å². The molecule has 1 saturated carbocycles. The van der Waals surface area contributed by atoms with Crippen molar-refractivity contribution in [2.75, 3.05) is 5.32 Å².